The van der Waals surface area contributed by atoms with Crippen LogP contribution in [0.1, 0.15) is 44.9 Å². The minimum Gasteiger partial charge on any atom is -0.480 e. The van der Waals surface area contributed by atoms with Crippen LogP contribution < -0.4 is 61.4 Å². The van der Waals surface area contributed by atoms with Crippen LogP contribution in [-0.4, -0.2) is 137 Å². The number of aliphatic carboxylic acids is 1. The van der Waals surface area contributed by atoms with Gasteiger partial charge < -0.3 is 71.4 Å². The van der Waals surface area contributed by atoms with Crippen molar-refractivity contribution in [3.8, 4) is 0 Å². The summed E-state index contributed by atoms with van der Waals surface area (Å²) in [5.41, 5.74) is 37.5. The number of aliphatic imine (C=N–C) groups is 1. The maximum atomic E-state index is 14.0. The van der Waals surface area contributed by atoms with Crippen LogP contribution >= 0.6 is 21.6 Å². The van der Waals surface area contributed by atoms with Crippen LogP contribution in [0.3, 0.4) is 0 Å². The van der Waals surface area contributed by atoms with Crippen molar-refractivity contribution in [2.45, 2.75) is 81.2 Å². The molecule has 25 heteroatoms. The zero-order valence-electron chi connectivity index (χ0n) is 28.8. The largest absolute Gasteiger partial charge is 0.480 e. The second kappa shape index (κ2) is 23.6. The molecule has 1 heterocycles. The lowest BCUT2D eigenvalue weighted by molar-refractivity contribution is -0.142. The van der Waals surface area contributed by atoms with E-state index in [1.54, 1.807) is 0 Å². The number of hydrogen-bond acceptors (Lipinski definition) is 14. The molecule has 0 spiro atoms. The third-order valence-corrected chi connectivity index (χ3v) is 9.88. The first-order valence-electron chi connectivity index (χ1n) is 16.2. The van der Waals surface area contributed by atoms with Gasteiger partial charge in [0.1, 0.15) is 30.2 Å². The molecule has 1 aliphatic heterocycles. The summed E-state index contributed by atoms with van der Waals surface area (Å²) >= 11 is 0. The normalized spacial score (nSPS) is 16.5. The standard InChI is InChI=1S/C28H49N13O10S2/c29-13(5-6-19(31)42)22(45)39-16(9-20(32)43)24(47)40-17(12-53-52-11-14(30)27(50)51)26(49)41-8-2-4-18(41)25(48)38-15(3-1-7-36-28(34)35)23(46)37-10-21(33)44/h13-18H,1-12,29-30H2,(H2,31,42)(H2,32,43)(H2,33,44)(H,37,46)(H,38,48)(H,39,45)(H,40,47)(H,50,51)(H4,34,35,36)/t13-,14-,15-,16?,17-,18-/m0/s1. The Morgan fingerprint density at radius 3 is 1.98 bits per heavy atom. The van der Waals surface area contributed by atoms with Gasteiger partial charge in [-0.2, -0.15) is 0 Å². The van der Waals surface area contributed by atoms with Gasteiger partial charge in [-0.25, -0.2) is 0 Å². The number of likely N-dealkylation sites (tertiary alicyclic amines) is 1. The SMILES string of the molecule is NC(=O)CC[C@H](N)C(=O)NC(CC(N)=O)C(=O)N[C@@H](CSSC[C@H](N)C(=O)O)C(=O)N1CCC[C@H]1C(=O)N[C@@H](CCCN=C(N)N)C(=O)NCC(N)=O. The van der Waals surface area contributed by atoms with Crippen molar-refractivity contribution in [2.75, 3.05) is 31.1 Å². The van der Waals surface area contributed by atoms with E-state index in [-0.39, 0.29) is 62.7 Å². The van der Waals surface area contributed by atoms with Crippen molar-refractivity contribution in [3.05, 3.63) is 0 Å². The molecule has 0 radical (unpaired) electrons. The number of guanidine groups is 1. The molecule has 6 atom stereocenters. The molecule has 298 valence electrons. The predicted octanol–water partition coefficient (Wildman–Crippen LogP) is -6.65. The van der Waals surface area contributed by atoms with Crippen molar-refractivity contribution < 1.29 is 48.3 Å². The molecule has 0 aromatic heterocycles. The third-order valence-electron chi connectivity index (χ3n) is 7.43. The fourth-order valence-corrected chi connectivity index (χ4v) is 6.98. The van der Waals surface area contributed by atoms with Crippen LogP contribution in [0.25, 0.3) is 0 Å². The van der Waals surface area contributed by atoms with Gasteiger partial charge in [-0.1, -0.05) is 21.6 Å². The van der Waals surface area contributed by atoms with Crippen molar-refractivity contribution >= 4 is 80.8 Å². The summed E-state index contributed by atoms with van der Waals surface area (Å²) in [5, 5.41) is 18.8. The fourth-order valence-electron chi connectivity index (χ4n) is 4.71. The summed E-state index contributed by atoms with van der Waals surface area (Å²) in [6.45, 7) is -0.320. The molecule has 53 heavy (non-hydrogen) atoms. The highest BCUT2D eigenvalue weighted by Crippen LogP contribution is 2.25. The average molecular weight is 792 g/mol. The number of carbonyl (C=O) groups is 9. The first-order valence-corrected chi connectivity index (χ1v) is 18.7. The Kier molecular flexibility index (Phi) is 20.6. The molecule has 1 saturated heterocycles. The van der Waals surface area contributed by atoms with Gasteiger partial charge in [-0.05, 0) is 32.1 Å². The second-order valence-corrected chi connectivity index (χ2v) is 14.4. The molecule has 0 aromatic rings. The Bertz CT molecular complexity index is 1380. The summed E-state index contributed by atoms with van der Waals surface area (Å²) in [4.78, 5) is 117. The van der Waals surface area contributed by atoms with Crippen LogP contribution in [0.4, 0.5) is 0 Å². The van der Waals surface area contributed by atoms with E-state index in [9.17, 15) is 43.2 Å². The first-order chi connectivity index (χ1) is 24.8. The molecule has 0 aliphatic carbocycles. The molecule has 0 bridgehead atoms. The van der Waals surface area contributed by atoms with Crippen LogP contribution in [0.15, 0.2) is 4.99 Å². The number of carbonyl (C=O) groups excluding carboxylic acids is 8. The Hall–Kier alpha value is -4.88. The molecular formula is C28H49N13O10S2. The summed E-state index contributed by atoms with van der Waals surface area (Å²) in [7, 11) is 1.98. The summed E-state index contributed by atoms with van der Waals surface area (Å²) in [6.07, 6.45) is -0.298. The lowest BCUT2D eigenvalue weighted by Crippen LogP contribution is -2.59. The molecule has 19 N–H and O–H groups in total. The Morgan fingerprint density at radius 2 is 1.40 bits per heavy atom. The van der Waals surface area contributed by atoms with Gasteiger partial charge in [0.15, 0.2) is 5.96 Å². The average Bonchev–Trinajstić information content (AvgIpc) is 3.57. The lowest BCUT2D eigenvalue weighted by atomic mass is 10.1. The lowest BCUT2D eigenvalue weighted by Gasteiger charge is -2.30. The molecule has 1 unspecified atom stereocenters. The Morgan fingerprint density at radius 1 is 0.755 bits per heavy atom. The quantitative estimate of drug-likeness (QED) is 0.0177. The summed E-state index contributed by atoms with van der Waals surface area (Å²) in [5.74, 6) is -8.38. The monoisotopic (exact) mass is 791 g/mol. The van der Waals surface area contributed by atoms with E-state index >= 15 is 0 Å². The number of hydrogen-bond donors (Lipinski definition) is 12. The fraction of sp³-hybridized carbons (Fsp3) is 0.643. The number of primary amides is 3. The van der Waals surface area contributed by atoms with Crippen molar-refractivity contribution in [1.29, 1.82) is 0 Å². The molecule has 0 aromatic carbocycles. The van der Waals surface area contributed by atoms with E-state index in [4.69, 9.17) is 45.2 Å². The number of carboxylic acids is 1. The third kappa shape index (κ3) is 17.9. The molecule has 1 aliphatic rings. The highest BCUT2D eigenvalue weighted by Gasteiger charge is 2.40. The van der Waals surface area contributed by atoms with E-state index in [1.807, 2.05) is 0 Å². The highest BCUT2D eigenvalue weighted by atomic mass is 33.1. The molecule has 1 fully saturated rings. The van der Waals surface area contributed by atoms with Crippen LogP contribution in [0.5, 0.6) is 0 Å². The maximum absolute atomic E-state index is 14.0. The molecule has 8 amide bonds. The highest BCUT2D eigenvalue weighted by molar-refractivity contribution is 8.76. The Balaban J connectivity index is 3.27. The van der Waals surface area contributed by atoms with E-state index in [0.717, 1.165) is 21.6 Å². The van der Waals surface area contributed by atoms with Crippen molar-refractivity contribution in [2.24, 2.45) is 45.1 Å². The van der Waals surface area contributed by atoms with Crippen LogP contribution in [-0.2, 0) is 43.2 Å². The predicted molar refractivity (Wildman–Crippen MR) is 193 cm³/mol. The van der Waals surface area contributed by atoms with Gasteiger partial charge in [-0.15, -0.1) is 0 Å². The van der Waals surface area contributed by atoms with E-state index in [2.05, 4.69) is 26.3 Å². The van der Waals surface area contributed by atoms with E-state index in [0.29, 0.717) is 6.42 Å². The van der Waals surface area contributed by atoms with Crippen molar-refractivity contribution in [1.82, 2.24) is 26.2 Å². The van der Waals surface area contributed by atoms with Crippen LogP contribution in [0.2, 0.25) is 0 Å². The van der Waals surface area contributed by atoms with Gasteiger partial charge in [0.2, 0.25) is 47.3 Å². The number of amides is 8. The smallest absolute Gasteiger partial charge is 0.321 e. The number of nitrogens with two attached hydrogens (primary N) is 7. The molecule has 1 rings (SSSR count). The van der Waals surface area contributed by atoms with Crippen molar-refractivity contribution in [3.63, 3.8) is 0 Å². The first kappa shape index (κ1) is 46.1. The van der Waals surface area contributed by atoms with Crippen LogP contribution in [0, 0.1) is 0 Å². The number of nitrogens with one attached hydrogen (secondary N) is 4. The molecule has 0 saturated carbocycles. The zero-order valence-corrected chi connectivity index (χ0v) is 30.5. The van der Waals surface area contributed by atoms with Gasteiger partial charge in [0.05, 0.1) is 19.0 Å². The van der Waals surface area contributed by atoms with Gasteiger partial charge in [0.25, 0.3) is 0 Å². The van der Waals surface area contributed by atoms with Gasteiger partial charge in [-0.3, -0.25) is 48.1 Å². The maximum Gasteiger partial charge on any atom is 0.321 e. The summed E-state index contributed by atoms with van der Waals surface area (Å²) in [6, 6.07) is -7.82. The number of carboxylic acid groups (broad SMARTS) is 1. The van der Waals surface area contributed by atoms with Gasteiger partial charge in [0, 0.05) is 31.0 Å². The van der Waals surface area contributed by atoms with Gasteiger partial charge >= 0.3 is 5.97 Å². The minimum atomic E-state index is -1.61. The molecular weight excluding hydrogens is 743 g/mol. The Labute approximate surface area is 312 Å². The van der Waals surface area contributed by atoms with E-state index < -0.39 is 102 Å². The number of nitrogens with zero attached hydrogens (tertiary/aromatic N) is 2. The van der Waals surface area contributed by atoms with E-state index in [1.165, 1.54) is 4.90 Å². The zero-order chi connectivity index (χ0) is 40.2. The topological polar surface area (TPSA) is 420 Å². The summed E-state index contributed by atoms with van der Waals surface area (Å²) < 4.78 is 0. The second-order valence-electron chi connectivity index (χ2n) is 11.8. The minimum absolute atomic E-state index is 0.0396. The number of rotatable bonds is 25. The molecule has 23 nitrogen and oxygen atoms in total.